The van der Waals surface area contributed by atoms with E-state index in [1.165, 1.54) is 12.1 Å². The van der Waals surface area contributed by atoms with Crippen LogP contribution in [0.3, 0.4) is 0 Å². The number of nitrogens with zero attached hydrogens (tertiary/aromatic N) is 4. The third-order valence-electron chi connectivity index (χ3n) is 6.43. The molecule has 5 rings (SSSR count). The van der Waals surface area contributed by atoms with Crippen molar-refractivity contribution in [2.75, 3.05) is 32.8 Å². The van der Waals surface area contributed by atoms with Crippen LogP contribution in [-0.4, -0.2) is 76.2 Å². The van der Waals surface area contributed by atoms with Crippen molar-refractivity contribution in [1.82, 2.24) is 25.2 Å². The fourth-order valence-electron chi connectivity index (χ4n) is 4.69. The van der Waals surface area contributed by atoms with E-state index in [9.17, 15) is 22.8 Å². The predicted molar refractivity (Wildman–Crippen MR) is 117 cm³/mol. The van der Waals surface area contributed by atoms with Crippen LogP contribution in [0.4, 0.5) is 13.2 Å². The van der Waals surface area contributed by atoms with Crippen LogP contribution in [0, 0.1) is 11.8 Å². The highest BCUT2D eigenvalue weighted by molar-refractivity contribution is 5.97. The van der Waals surface area contributed by atoms with Gasteiger partial charge >= 0.3 is 6.36 Å². The minimum absolute atomic E-state index is 0.0662. The fraction of sp³-hybridized carbons (Fsp3) is 0.391. The van der Waals surface area contributed by atoms with Crippen molar-refractivity contribution < 1.29 is 32.2 Å². The Bertz CT molecular complexity index is 1230. The molecule has 0 saturated carbocycles. The van der Waals surface area contributed by atoms with E-state index in [4.69, 9.17) is 4.74 Å². The van der Waals surface area contributed by atoms with E-state index in [0.717, 1.165) is 24.1 Å². The van der Waals surface area contributed by atoms with E-state index in [0.29, 0.717) is 43.2 Å². The molecule has 2 aliphatic rings. The summed E-state index contributed by atoms with van der Waals surface area (Å²) in [6.07, 6.45) is -3.98. The van der Waals surface area contributed by atoms with Gasteiger partial charge < -0.3 is 19.3 Å². The van der Waals surface area contributed by atoms with Crippen LogP contribution in [-0.2, 0) is 4.79 Å². The average molecular weight is 489 g/mol. The number of aromatic amines is 1. The molecule has 0 radical (unpaired) electrons. The van der Waals surface area contributed by atoms with Crippen molar-refractivity contribution in [3.63, 3.8) is 0 Å². The first-order valence-electron chi connectivity index (χ1n) is 11.1. The summed E-state index contributed by atoms with van der Waals surface area (Å²) in [6, 6.07) is 10.1. The van der Waals surface area contributed by atoms with Crippen molar-refractivity contribution in [1.29, 1.82) is 0 Å². The second-order valence-corrected chi connectivity index (χ2v) is 8.71. The molecule has 12 heteroatoms. The first-order valence-corrected chi connectivity index (χ1v) is 11.1. The molecule has 1 aromatic heterocycles. The number of rotatable bonds is 5. The average Bonchev–Trinajstić information content (AvgIpc) is 3.47. The van der Waals surface area contributed by atoms with Crippen molar-refractivity contribution in [3.8, 4) is 11.5 Å². The molecule has 2 amide bonds. The molecular weight excluding hydrogens is 467 g/mol. The highest BCUT2D eigenvalue weighted by Crippen LogP contribution is 2.32. The summed E-state index contributed by atoms with van der Waals surface area (Å²) in [6.45, 7) is 2.07. The Hall–Kier alpha value is -3.83. The molecule has 35 heavy (non-hydrogen) atoms. The number of hydrogen-bond donors (Lipinski definition) is 1. The maximum Gasteiger partial charge on any atom is 0.573 e. The Morgan fingerprint density at radius 2 is 1.71 bits per heavy atom. The van der Waals surface area contributed by atoms with Gasteiger partial charge in [-0.1, -0.05) is 5.21 Å². The molecule has 184 valence electrons. The number of H-pyrrole nitrogens is 1. The lowest BCUT2D eigenvalue weighted by Gasteiger charge is -2.34. The second kappa shape index (κ2) is 9.08. The number of aromatic nitrogens is 3. The number of nitrogens with one attached hydrogen (secondary N) is 1. The number of amides is 2. The zero-order valence-corrected chi connectivity index (χ0v) is 18.5. The highest BCUT2D eigenvalue weighted by atomic mass is 19.4. The lowest BCUT2D eigenvalue weighted by atomic mass is 9.89. The first-order chi connectivity index (χ1) is 16.7. The number of halogens is 3. The number of hydrogen-bond acceptors (Lipinski definition) is 6. The van der Waals surface area contributed by atoms with Crippen LogP contribution in [0.2, 0.25) is 0 Å². The molecule has 3 aromatic rings. The Kier molecular flexibility index (Phi) is 5.95. The van der Waals surface area contributed by atoms with E-state index in [-0.39, 0.29) is 35.8 Å². The zero-order valence-electron chi connectivity index (χ0n) is 18.5. The zero-order chi connectivity index (χ0) is 24.6. The van der Waals surface area contributed by atoms with Crippen molar-refractivity contribution >= 4 is 22.8 Å². The topological polar surface area (TPSA) is 101 Å². The van der Waals surface area contributed by atoms with Gasteiger partial charge in [-0.05, 0) is 60.7 Å². The molecule has 0 aliphatic carbocycles. The number of carbonyl (C=O) groups excluding carboxylic acids is 2. The summed E-state index contributed by atoms with van der Waals surface area (Å²) in [5.74, 6) is 0.125. The molecule has 1 N–H and O–H groups in total. The van der Waals surface area contributed by atoms with Crippen molar-refractivity contribution in [3.05, 3.63) is 48.0 Å². The minimum Gasteiger partial charge on any atom is -0.484 e. The van der Waals surface area contributed by atoms with Crippen LogP contribution >= 0.6 is 0 Å². The summed E-state index contributed by atoms with van der Waals surface area (Å²) >= 11 is 0. The Labute approximate surface area is 197 Å². The van der Waals surface area contributed by atoms with Gasteiger partial charge in [-0.3, -0.25) is 14.7 Å². The fourth-order valence-corrected chi connectivity index (χ4v) is 4.69. The van der Waals surface area contributed by atoms with Crippen LogP contribution in [0.15, 0.2) is 42.5 Å². The van der Waals surface area contributed by atoms with Gasteiger partial charge in [0.1, 0.15) is 17.0 Å². The van der Waals surface area contributed by atoms with Gasteiger partial charge in [0.2, 0.25) is 0 Å². The van der Waals surface area contributed by atoms with E-state index < -0.39 is 6.36 Å². The molecular formula is C23H22F3N5O4. The molecule has 0 spiro atoms. The second-order valence-electron chi connectivity index (χ2n) is 8.71. The van der Waals surface area contributed by atoms with Crippen LogP contribution < -0.4 is 9.47 Å². The maximum atomic E-state index is 13.0. The smallest absolute Gasteiger partial charge is 0.484 e. The van der Waals surface area contributed by atoms with Gasteiger partial charge in [0, 0.05) is 31.7 Å². The largest absolute Gasteiger partial charge is 0.573 e. The summed E-state index contributed by atoms with van der Waals surface area (Å²) < 4.78 is 46.1. The Morgan fingerprint density at radius 3 is 2.49 bits per heavy atom. The number of carbonyl (C=O) groups is 2. The van der Waals surface area contributed by atoms with E-state index in [2.05, 4.69) is 20.1 Å². The SMILES string of the molecule is O=C(COc1ccc(OC(F)(F)F)cc1)N1CC[C@@H]2CN(C(=O)c3ccc4[nH]nnc4c3)C[C@H]2C1. The number of benzene rings is 2. The first kappa shape index (κ1) is 22.9. The lowest BCUT2D eigenvalue weighted by molar-refractivity contribution is -0.274. The Balaban J connectivity index is 1.13. The molecule has 3 heterocycles. The van der Waals surface area contributed by atoms with Gasteiger partial charge in [-0.15, -0.1) is 18.3 Å². The predicted octanol–water partition coefficient (Wildman–Crippen LogP) is 2.86. The maximum absolute atomic E-state index is 13.0. The third kappa shape index (κ3) is 5.15. The lowest BCUT2D eigenvalue weighted by Crippen LogP contribution is -2.45. The molecule has 0 unspecified atom stereocenters. The summed E-state index contributed by atoms with van der Waals surface area (Å²) in [5, 5.41) is 10.5. The minimum atomic E-state index is -4.77. The van der Waals surface area contributed by atoms with Crippen molar-refractivity contribution in [2.45, 2.75) is 12.8 Å². The number of fused-ring (bicyclic) bond motifs is 2. The van der Waals surface area contributed by atoms with Crippen LogP contribution in [0.25, 0.3) is 11.0 Å². The number of ether oxygens (including phenoxy) is 2. The quantitative estimate of drug-likeness (QED) is 0.592. The summed E-state index contributed by atoms with van der Waals surface area (Å²) in [7, 11) is 0. The Morgan fingerprint density at radius 1 is 1.00 bits per heavy atom. The third-order valence-corrected chi connectivity index (χ3v) is 6.43. The highest BCUT2D eigenvalue weighted by Gasteiger charge is 2.40. The van der Waals surface area contributed by atoms with Gasteiger partial charge in [0.05, 0.1) is 5.52 Å². The number of piperidine rings is 1. The summed E-state index contributed by atoms with van der Waals surface area (Å²) in [5.41, 5.74) is 1.95. The molecule has 2 fully saturated rings. The monoisotopic (exact) mass is 489 g/mol. The summed E-state index contributed by atoms with van der Waals surface area (Å²) in [4.78, 5) is 29.3. The van der Waals surface area contributed by atoms with E-state index >= 15 is 0 Å². The van der Waals surface area contributed by atoms with E-state index in [1.807, 2.05) is 4.90 Å². The van der Waals surface area contributed by atoms with E-state index in [1.54, 1.807) is 23.1 Å². The molecule has 2 aliphatic heterocycles. The number of alkyl halides is 3. The van der Waals surface area contributed by atoms with Gasteiger partial charge in [-0.2, -0.15) is 0 Å². The van der Waals surface area contributed by atoms with Gasteiger partial charge in [-0.25, -0.2) is 0 Å². The van der Waals surface area contributed by atoms with Gasteiger partial charge in [0.15, 0.2) is 6.61 Å². The molecule has 9 nitrogen and oxygen atoms in total. The molecule has 2 saturated heterocycles. The number of likely N-dealkylation sites (tertiary alicyclic amines) is 2. The standard InChI is InChI=1S/C23H22F3N5O4/c24-23(25,26)35-18-4-2-17(3-5-18)34-13-21(32)30-8-7-15-10-31(12-16(15)11-30)22(33)14-1-6-19-20(9-14)28-29-27-19/h1-6,9,15-16H,7-8,10-13H2,(H,27,28,29)/t15-,16-/m1/s1. The van der Waals surface area contributed by atoms with Gasteiger partial charge in [0.25, 0.3) is 11.8 Å². The van der Waals surface area contributed by atoms with Crippen LogP contribution in [0.1, 0.15) is 16.8 Å². The van der Waals surface area contributed by atoms with Crippen LogP contribution in [0.5, 0.6) is 11.5 Å². The normalized spacial score (nSPS) is 20.1. The van der Waals surface area contributed by atoms with Crippen molar-refractivity contribution in [2.24, 2.45) is 11.8 Å². The molecule has 2 aromatic carbocycles. The molecule has 2 atom stereocenters. The molecule has 0 bridgehead atoms.